The molecule has 1 saturated heterocycles. The van der Waals surface area contributed by atoms with Crippen LogP contribution < -0.4 is 5.56 Å². The Morgan fingerprint density at radius 2 is 1.96 bits per heavy atom. The SMILES string of the molecule is O=C(Cn1c(=O)cnc2ccccc21)N1CCOC(c2ccc(F)cc2)C1. The highest BCUT2D eigenvalue weighted by atomic mass is 19.1. The number of para-hydroxylation sites is 2. The zero-order valence-corrected chi connectivity index (χ0v) is 14.5. The summed E-state index contributed by atoms with van der Waals surface area (Å²) in [5.74, 6) is -0.477. The van der Waals surface area contributed by atoms with Crippen molar-refractivity contribution < 1.29 is 13.9 Å². The molecule has 1 aliphatic heterocycles. The highest BCUT2D eigenvalue weighted by Crippen LogP contribution is 2.22. The molecule has 7 heteroatoms. The quantitative estimate of drug-likeness (QED) is 0.712. The lowest BCUT2D eigenvalue weighted by Crippen LogP contribution is -2.44. The van der Waals surface area contributed by atoms with Crippen LogP contribution in [-0.4, -0.2) is 40.1 Å². The van der Waals surface area contributed by atoms with E-state index in [2.05, 4.69) is 4.98 Å². The Hall–Kier alpha value is -3.06. The minimum atomic E-state index is -0.314. The molecule has 1 atom stereocenters. The van der Waals surface area contributed by atoms with Crippen LogP contribution in [0.15, 0.2) is 59.5 Å². The molecule has 2 aromatic carbocycles. The molecule has 27 heavy (non-hydrogen) atoms. The fraction of sp³-hybridized carbons (Fsp3) is 0.250. The van der Waals surface area contributed by atoms with Crippen molar-refractivity contribution in [3.8, 4) is 0 Å². The lowest BCUT2D eigenvalue weighted by molar-refractivity contribution is -0.139. The molecule has 0 saturated carbocycles. The highest BCUT2D eigenvalue weighted by Gasteiger charge is 2.26. The lowest BCUT2D eigenvalue weighted by atomic mass is 10.1. The van der Waals surface area contributed by atoms with Crippen molar-refractivity contribution in [3.05, 3.63) is 76.5 Å². The van der Waals surface area contributed by atoms with Crippen molar-refractivity contribution in [2.45, 2.75) is 12.6 Å². The molecule has 1 aromatic heterocycles. The maximum Gasteiger partial charge on any atom is 0.269 e. The molecule has 0 bridgehead atoms. The summed E-state index contributed by atoms with van der Waals surface area (Å²) in [4.78, 5) is 30.9. The average Bonchev–Trinajstić information content (AvgIpc) is 2.71. The Balaban J connectivity index is 1.54. The molecular formula is C20H18FN3O3. The molecule has 1 amide bonds. The van der Waals surface area contributed by atoms with Gasteiger partial charge in [0.15, 0.2) is 0 Å². The van der Waals surface area contributed by atoms with Gasteiger partial charge in [-0.3, -0.25) is 14.2 Å². The largest absolute Gasteiger partial charge is 0.370 e. The second-order valence-corrected chi connectivity index (χ2v) is 6.42. The van der Waals surface area contributed by atoms with Gasteiger partial charge in [-0.05, 0) is 29.8 Å². The number of nitrogens with zero attached hydrogens (tertiary/aromatic N) is 3. The van der Waals surface area contributed by atoms with Crippen molar-refractivity contribution in [1.29, 1.82) is 0 Å². The van der Waals surface area contributed by atoms with Crippen molar-refractivity contribution in [2.75, 3.05) is 19.7 Å². The standard InChI is InChI=1S/C20H18FN3O3/c21-15-7-5-14(6-8-15)18-12-23(9-10-27-18)20(26)13-24-17-4-2-1-3-16(17)22-11-19(24)25/h1-8,11,18H,9-10,12-13H2. The number of morpholine rings is 1. The molecule has 0 radical (unpaired) electrons. The zero-order valence-electron chi connectivity index (χ0n) is 14.5. The molecule has 1 aliphatic rings. The Morgan fingerprint density at radius 1 is 1.19 bits per heavy atom. The van der Waals surface area contributed by atoms with Crippen LogP contribution in [-0.2, 0) is 16.1 Å². The first-order chi connectivity index (χ1) is 13.1. The van der Waals surface area contributed by atoms with Gasteiger partial charge in [-0.1, -0.05) is 24.3 Å². The summed E-state index contributed by atoms with van der Waals surface area (Å²) in [6, 6.07) is 13.3. The minimum Gasteiger partial charge on any atom is -0.370 e. The predicted octanol–water partition coefficient (Wildman–Crippen LogP) is 2.14. The maximum atomic E-state index is 13.1. The van der Waals surface area contributed by atoms with Crippen molar-refractivity contribution in [2.24, 2.45) is 0 Å². The van der Waals surface area contributed by atoms with E-state index in [0.717, 1.165) is 5.56 Å². The monoisotopic (exact) mass is 367 g/mol. The van der Waals surface area contributed by atoms with Crippen LogP contribution in [0.4, 0.5) is 4.39 Å². The van der Waals surface area contributed by atoms with Crippen LogP contribution in [0, 0.1) is 5.82 Å². The summed E-state index contributed by atoms with van der Waals surface area (Å²) in [5, 5.41) is 0. The highest BCUT2D eigenvalue weighted by molar-refractivity contribution is 5.80. The third-order valence-electron chi connectivity index (χ3n) is 4.71. The third kappa shape index (κ3) is 3.59. The Kier molecular flexibility index (Phi) is 4.68. The molecule has 1 fully saturated rings. The summed E-state index contributed by atoms with van der Waals surface area (Å²) >= 11 is 0. The summed E-state index contributed by atoms with van der Waals surface area (Å²) < 4.78 is 20.3. The summed E-state index contributed by atoms with van der Waals surface area (Å²) in [6.45, 7) is 1.15. The van der Waals surface area contributed by atoms with E-state index in [1.165, 1.54) is 22.9 Å². The smallest absolute Gasteiger partial charge is 0.269 e. The van der Waals surface area contributed by atoms with Crippen molar-refractivity contribution in [3.63, 3.8) is 0 Å². The van der Waals surface area contributed by atoms with E-state index in [1.54, 1.807) is 29.2 Å². The summed E-state index contributed by atoms with van der Waals surface area (Å²) in [6.07, 6.45) is 0.921. The van der Waals surface area contributed by atoms with Gasteiger partial charge >= 0.3 is 0 Å². The topological polar surface area (TPSA) is 64.4 Å². The molecular weight excluding hydrogens is 349 g/mol. The van der Waals surface area contributed by atoms with Crippen LogP contribution in [0.2, 0.25) is 0 Å². The first-order valence-corrected chi connectivity index (χ1v) is 8.71. The van der Waals surface area contributed by atoms with E-state index in [9.17, 15) is 14.0 Å². The molecule has 0 spiro atoms. The predicted molar refractivity (Wildman–Crippen MR) is 97.7 cm³/mol. The molecule has 0 aliphatic carbocycles. The van der Waals surface area contributed by atoms with Gasteiger partial charge in [-0.15, -0.1) is 0 Å². The van der Waals surface area contributed by atoms with E-state index in [4.69, 9.17) is 4.74 Å². The van der Waals surface area contributed by atoms with Gasteiger partial charge in [0.1, 0.15) is 18.5 Å². The van der Waals surface area contributed by atoms with E-state index in [0.29, 0.717) is 30.7 Å². The van der Waals surface area contributed by atoms with Gasteiger partial charge < -0.3 is 9.64 Å². The van der Waals surface area contributed by atoms with Crippen LogP contribution in [0.25, 0.3) is 11.0 Å². The van der Waals surface area contributed by atoms with Crippen LogP contribution in [0.5, 0.6) is 0 Å². The van der Waals surface area contributed by atoms with Gasteiger partial charge in [-0.2, -0.15) is 0 Å². The Labute approximate surface area is 154 Å². The number of aromatic nitrogens is 2. The number of fused-ring (bicyclic) bond motifs is 1. The second-order valence-electron chi connectivity index (χ2n) is 6.42. The first kappa shape index (κ1) is 17.4. The number of rotatable bonds is 3. The lowest BCUT2D eigenvalue weighted by Gasteiger charge is -2.33. The Morgan fingerprint density at radius 3 is 2.78 bits per heavy atom. The molecule has 6 nitrogen and oxygen atoms in total. The molecule has 4 rings (SSSR count). The number of ether oxygens (including phenoxy) is 1. The zero-order chi connectivity index (χ0) is 18.8. The molecule has 138 valence electrons. The van der Waals surface area contributed by atoms with Crippen molar-refractivity contribution in [1.82, 2.24) is 14.5 Å². The third-order valence-corrected chi connectivity index (χ3v) is 4.71. The van der Waals surface area contributed by atoms with Gasteiger partial charge in [-0.25, -0.2) is 9.37 Å². The summed E-state index contributed by atoms with van der Waals surface area (Å²) in [7, 11) is 0. The maximum absolute atomic E-state index is 13.1. The van der Waals surface area contributed by atoms with Gasteiger partial charge in [0.2, 0.25) is 5.91 Å². The number of benzene rings is 2. The fourth-order valence-electron chi connectivity index (χ4n) is 3.27. The first-order valence-electron chi connectivity index (χ1n) is 8.71. The van der Waals surface area contributed by atoms with Crippen LogP contribution >= 0.6 is 0 Å². The average molecular weight is 367 g/mol. The number of amides is 1. The van der Waals surface area contributed by atoms with Crippen LogP contribution in [0.3, 0.4) is 0 Å². The van der Waals surface area contributed by atoms with E-state index >= 15 is 0 Å². The number of carbonyl (C=O) groups excluding carboxylic acids is 1. The molecule has 0 N–H and O–H groups in total. The minimum absolute atomic E-state index is 0.0575. The van der Waals surface area contributed by atoms with Gasteiger partial charge in [0, 0.05) is 6.54 Å². The van der Waals surface area contributed by atoms with Crippen molar-refractivity contribution >= 4 is 16.9 Å². The Bertz CT molecular complexity index is 1030. The summed E-state index contributed by atoms with van der Waals surface area (Å²) in [5.41, 5.74) is 1.79. The number of carbonyl (C=O) groups is 1. The van der Waals surface area contributed by atoms with E-state index < -0.39 is 0 Å². The molecule has 1 unspecified atom stereocenters. The van der Waals surface area contributed by atoms with Crippen LogP contribution in [0.1, 0.15) is 11.7 Å². The number of hydrogen-bond acceptors (Lipinski definition) is 4. The molecule has 2 heterocycles. The number of hydrogen-bond donors (Lipinski definition) is 0. The van der Waals surface area contributed by atoms with Gasteiger partial charge in [0.05, 0.1) is 30.4 Å². The van der Waals surface area contributed by atoms with Gasteiger partial charge in [0.25, 0.3) is 5.56 Å². The normalized spacial score (nSPS) is 17.2. The molecule has 3 aromatic rings. The second kappa shape index (κ2) is 7.28. The fourth-order valence-corrected chi connectivity index (χ4v) is 3.27. The van der Waals surface area contributed by atoms with E-state index in [-0.39, 0.29) is 29.9 Å². The number of halogens is 1. The van der Waals surface area contributed by atoms with E-state index in [1.807, 2.05) is 12.1 Å².